The Morgan fingerprint density at radius 2 is 1.96 bits per heavy atom. The normalized spacial score (nSPS) is 12.6. The van der Waals surface area contributed by atoms with Crippen molar-refractivity contribution in [2.24, 2.45) is 10.2 Å². The van der Waals surface area contributed by atoms with Gasteiger partial charge in [-0.3, -0.25) is 4.72 Å². The third-order valence-electron chi connectivity index (χ3n) is 3.24. The number of benzene rings is 1. The van der Waals surface area contributed by atoms with Crippen molar-refractivity contribution < 1.29 is 17.9 Å². The van der Waals surface area contributed by atoms with E-state index in [1.165, 1.54) is 36.5 Å². The minimum Gasteiger partial charge on any atom is -0.857 e. The number of nitrogens with one attached hydrogen (secondary N) is 1. The van der Waals surface area contributed by atoms with Gasteiger partial charge in [-0.1, -0.05) is 18.2 Å². The summed E-state index contributed by atoms with van der Waals surface area (Å²) in [6.45, 7) is 1.80. The van der Waals surface area contributed by atoms with Gasteiger partial charge in [0.2, 0.25) is 0 Å². The highest BCUT2D eigenvalue weighted by atomic mass is 32.2. The van der Waals surface area contributed by atoms with E-state index < -0.39 is 15.9 Å². The van der Waals surface area contributed by atoms with Crippen molar-refractivity contribution in [3.63, 3.8) is 0 Å². The van der Waals surface area contributed by atoms with E-state index in [4.69, 9.17) is 4.42 Å². The van der Waals surface area contributed by atoms with Gasteiger partial charge in [0.25, 0.3) is 10.0 Å². The molecule has 3 aromatic rings. The number of hydrogen-bond acceptors (Lipinski definition) is 7. The van der Waals surface area contributed by atoms with E-state index in [1.54, 1.807) is 30.5 Å². The first kappa shape index (κ1) is 17.9. The largest absolute Gasteiger partial charge is 0.857 e. The van der Waals surface area contributed by atoms with Crippen LogP contribution >= 0.6 is 11.3 Å². The SMILES string of the molecule is Cc1ccc(/C=N\N=C([O-])c2ccc(NS(=O)(=O)c3cccs3)cc2)o1. The van der Waals surface area contributed by atoms with Crippen molar-refractivity contribution in [1.82, 2.24) is 0 Å². The molecule has 7 nitrogen and oxygen atoms in total. The second-order valence-corrected chi connectivity index (χ2v) is 8.07. The summed E-state index contributed by atoms with van der Waals surface area (Å²) in [4.78, 5) is 0. The fraction of sp³-hybridized carbons (Fsp3) is 0.0588. The van der Waals surface area contributed by atoms with E-state index in [2.05, 4.69) is 14.9 Å². The van der Waals surface area contributed by atoms with E-state index in [-0.39, 0.29) is 9.77 Å². The summed E-state index contributed by atoms with van der Waals surface area (Å²) >= 11 is 1.12. The van der Waals surface area contributed by atoms with Crippen LogP contribution in [0.2, 0.25) is 0 Å². The van der Waals surface area contributed by atoms with E-state index in [9.17, 15) is 13.5 Å². The number of furan rings is 1. The Balaban J connectivity index is 1.69. The highest BCUT2D eigenvalue weighted by Crippen LogP contribution is 2.20. The molecule has 0 bridgehead atoms. The Morgan fingerprint density at radius 1 is 1.19 bits per heavy atom. The first-order valence-corrected chi connectivity index (χ1v) is 9.81. The van der Waals surface area contributed by atoms with Gasteiger partial charge < -0.3 is 9.52 Å². The monoisotopic (exact) mass is 388 g/mol. The summed E-state index contributed by atoms with van der Waals surface area (Å²) in [6, 6.07) is 12.6. The zero-order chi connectivity index (χ0) is 18.6. The van der Waals surface area contributed by atoms with Crippen LogP contribution in [0.15, 0.2) is 72.7 Å². The van der Waals surface area contributed by atoms with Crippen molar-refractivity contribution >= 4 is 39.2 Å². The maximum atomic E-state index is 12.1. The summed E-state index contributed by atoms with van der Waals surface area (Å²) in [5.41, 5.74) is 0.640. The van der Waals surface area contributed by atoms with Gasteiger partial charge in [0, 0.05) is 11.6 Å². The number of anilines is 1. The number of sulfonamides is 1. The molecular formula is C17H14N3O4S2-. The molecule has 0 radical (unpaired) electrons. The summed E-state index contributed by atoms with van der Waals surface area (Å²) in [5, 5.41) is 20.9. The lowest BCUT2D eigenvalue weighted by atomic mass is 10.2. The van der Waals surface area contributed by atoms with Crippen molar-refractivity contribution in [2.45, 2.75) is 11.1 Å². The summed E-state index contributed by atoms with van der Waals surface area (Å²) in [5.74, 6) is 0.688. The van der Waals surface area contributed by atoms with Crippen LogP contribution < -0.4 is 9.83 Å². The molecule has 1 aromatic carbocycles. The maximum Gasteiger partial charge on any atom is 0.271 e. The summed E-state index contributed by atoms with van der Waals surface area (Å²) < 4.78 is 32.2. The topological polar surface area (TPSA) is 107 Å². The molecule has 2 heterocycles. The smallest absolute Gasteiger partial charge is 0.271 e. The zero-order valence-electron chi connectivity index (χ0n) is 13.6. The molecule has 3 rings (SSSR count). The average molecular weight is 388 g/mol. The first-order valence-electron chi connectivity index (χ1n) is 7.45. The molecule has 0 unspecified atom stereocenters. The van der Waals surface area contributed by atoms with Gasteiger partial charge in [0.15, 0.2) is 0 Å². The zero-order valence-corrected chi connectivity index (χ0v) is 15.3. The van der Waals surface area contributed by atoms with Gasteiger partial charge in [-0.05, 0) is 48.2 Å². The van der Waals surface area contributed by atoms with Gasteiger partial charge in [0.1, 0.15) is 15.7 Å². The van der Waals surface area contributed by atoms with Gasteiger partial charge in [-0.15, -0.1) is 11.3 Å². The number of aryl methyl sites for hydroxylation is 1. The van der Waals surface area contributed by atoms with Gasteiger partial charge >= 0.3 is 0 Å². The molecule has 2 aromatic heterocycles. The molecule has 1 N–H and O–H groups in total. The molecule has 0 saturated heterocycles. The minimum atomic E-state index is -3.62. The van der Waals surface area contributed by atoms with E-state index in [1.807, 2.05) is 0 Å². The second kappa shape index (κ2) is 7.54. The van der Waals surface area contributed by atoms with Crippen LogP contribution in [0.5, 0.6) is 0 Å². The predicted octanol–water partition coefficient (Wildman–Crippen LogP) is 2.59. The van der Waals surface area contributed by atoms with Crippen LogP contribution in [0, 0.1) is 6.92 Å². The maximum absolute atomic E-state index is 12.1. The molecule has 26 heavy (non-hydrogen) atoms. The molecule has 0 fully saturated rings. The Kier molecular flexibility index (Phi) is 5.19. The van der Waals surface area contributed by atoms with Crippen molar-refractivity contribution in [2.75, 3.05) is 4.72 Å². The molecule has 9 heteroatoms. The van der Waals surface area contributed by atoms with Gasteiger partial charge in [0.05, 0.1) is 6.21 Å². The number of thiophene rings is 1. The highest BCUT2D eigenvalue weighted by Gasteiger charge is 2.14. The molecule has 0 saturated carbocycles. The van der Waals surface area contributed by atoms with Crippen molar-refractivity contribution in [3.05, 3.63) is 71.0 Å². The van der Waals surface area contributed by atoms with Crippen LogP contribution in [0.1, 0.15) is 17.1 Å². The van der Waals surface area contributed by atoms with Crippen LogP contribution in [-0.4, -0.2) is 20.5 Å². The van der Waals surface area contributed by atoms with Crippen molar-refractivity contribution in [3.8, 4) is 0 Å². The highest BCUT2D eigenvalue weighted by molar-refractivity contribution is 7.94. The number of rotatable bonds is 6. The Bertz CT molecular complexity index is 1030. The second-order valence-electron chi connectivity index (χ2n) is 5.21. The fourth-order valence-corrected chi connectivity index (χ4v) is 4.07. The molecule has 134 valence electrons. The third-order valence-corrected chi connectivity index (χ3v) is 6.02. The van der Waals surface area contributed by atoms with Gasteiger partial charge in [-0.2, -0.15) is 10.2 Å². The number of hydrogen-bond donors (Lipinski definition) is 1. The van der Waals surface area contributed by atoms with Crippen LogP contribution in [0.4, 0.5) is 5.69 Å². The van der Waals surface area contributed by atoms with Crippen LogP contribution in [0.3, 0.4) is 0 Å². The molecule has 0 amide bonds. The minimum absolute atomic E-state index is 0.218. The first-order chi connectivity index (χ1) is 12.4. The Morgan fingerprint density at radius 3 is 2.58 bits per heavy atom. The lowest BCUT2D eigenvalue weighted by molar-refractivity contribution is -0.213. The van der Waals surface area contributed by atoms with Crippen LogP contribution in [0.25, 0.3) is 0 Å². The average Bonchev–Trinajstić information content (AvgIpc) is 3.27. The van der Waals surface area contributed by atoms with E-state index in [0.29, 0.717) is 11.4 Å². The fourth-order valence-electron chi connectivity index (χ4n) is 2.02. The quantitative estimate of drug-likeness (QED) is 0.398. The van der Waals surface area contributed by atoms with Crippen molar-refractivity contribution in [1.29, 1.82) is 0 Å². The molecular weight excluding hydrogens is 374 g/mol. The number of nitrogens with zero attached hydrogens (tertiary/aromatic N) is 2. The Hall–Kier alpha value is -2.91. The lowest BCUT2D eigenvalue weighted by Gasteiger charge is -2.10. The molecule has 0 atom stereocenters. The molecule has 0 spiro atoms. The predicted molar refractivity (Wildman–Crippen MR) is 99.1 cm³/mol. The Labute approximate surface area is 154 Å². The molecule has 0 aliphatic heterocycles. The standard InChI is InChI=1S/C17H15N3O4S2/c1-12-4-9-15(24-12)11-18-19-17(21)13-5-7-14(8-6-13)20-26(22,23)16-3-2-10-25-16/h2-11,20H,1H3,(H,19,21)/p-1/b18-11-. The van der Waals surface area contributed by atoms with E-state index in [0.717, 1.165) is 17.1 Å². The van der Waals surface area contributed by atoms with E-state index >= 15 is 0 Å². The molecule has 0 aliphatic rings. The van der Waals surface area contributed by atoms with Crippen LogP contribution in [-0.2, 0) is 10.0 Å². The molecule has 0 aliphatic carbocycles. The third kappa shape index (κ3) is 4.38. The summed E-state index contributed by atoms with van der Waals surface area (Å²) in [7, 11) is -3.62. The summed E-state index contributed by atoms with van der Waals surface area (Å²) in [6.07, 6.45) is 1.34. The van der Waals surface area contributed by atoms with Gasteiger partial charge in [-0.25, -0.2) is 8.42 Å². The lowest BCUT2D eigenvalue weighted by Crippen LogP contribution is -2.18.